The molecule has 0 aliphatic heterocycles. The number of ether oxygens (including phenoxy) is 1. The van der Waals surface area contributed by atoms with Crippen molar-refractivity contribution in [2.75, 3.05) is 18.5 Å². The number of amides is 1. The highest BCUT2D eigenvalue weighted by Gasteiger charge is 2.26. The second kappa shape index (κ2) is 6.57. The molecule has 0 heterocycles. The Morgan fingerprint density at radius 2 is 2.00 bits per heavy atom. The van der Waals surface area contributed by atoms with E-state index in [1.54, 1.807) is 0 Å². The molecule has 4 heteroatoms. The second-order valence-electron chi connectivity index (χ2n) is 5.02. The minimum absolute atomic E-state index is 0.0402. The van der Waals surface area contributed by atoms with Crippen molar-refractivity contribution in [1.29, 1.82) is 0 Å². The molecule has 1 aromatic carbocycles. The smallest absolute Gasteiger partial charge is 0.244 e. The van der Waals surface area contributed by atoms with Gasteiger partial charge in [0, 0.05) is 5.69 Å². The minimum Gasteiger partial charge on any atom is -0.494 e. The molecule has 0 saturated heterocycles. The van der Waals surface area contributed by atoms with Gasteiger partial charge in [-0.2, -0.15) is 0 Å². The fourth-order valence-electron chi connectivity index (χ4n) is 1.83. The Bertz CT molecular complexity index is 442. The minimum atomic E-state index is -0.584. The highest BCUT2D eigenvalue weighted by molar-refractivity contribution is 5.98. The van der Waals surface area contributed by atoms with Crippen molar-refractivity contribution in [2.24, 2.45) is 0 Å². The summed E-state index contributed by atoms with van der Waals surface area (Å²) in [6, 6.07) is 5.67. The molecular weight excluding hydrogens is 240 g/mol. The molecule has 19 heavy (non-hydrogen) atoms. The Morgan fingerprint density at radius 1 is 1.32 bits per heavy atom. The van der Waals surface area contributed by atoms with Crippen molar-refractivity contribution in [3.63, 3.8) is 0 Å². The van der Waals surface area contributed by atoms with Crippen LogP contribution in [0.2, 0.25) is 0 Å². The van der Waals surface area contributed by atoms with Crippen molar-refractivity contribution in [2.45, 2.75) is 40.2 Å². The first kappa shape index (κ1) is 15.5. The van der Waals surface area contributed by atoms with Crippen LogP contribution in [0.5, 0.6) is 5.75 Å². The van der Waals surface area contributed by atoms with Gasteiger partial charge in [0.2, 0.25) is 5.91 Å². The number of anilines is 1. The van der Waals surface area contributed by atoms with E-state index in [0.717, 1.165) is 23.5 Å². The van der Waals surface area contributed by atoms with Gasteiger partial charge in [0.05, 0.1) is 12.1 Å². The molecule has 0 fully saturated rings. The van der Waals surface area contributed by atoms with Gasteiger partial charge >= 0.3 is 0 Å². The zero-order chi connectivity index (χ0) is 14.5. The summed E-state index contributed by atoms with van der Waals surface area (Å²) in [7, 11) is 0. The molecule has 0 saturated carbocycles. The summed E-state index contributed by atoms with van der Waals surface area (Å²) in [5.74, 6) is 0.783. The van der Waals surface area contributed by atoms with Crippen LogP contribution in [0.25, 0.3) is 0 Å². The average Bonchev–Trinajstić information content (AvgIpc) is 2.32. The van der Waals surface area contributed by atoms with Crippen LogP contribution in [-0.2, 0) is 4.79 Å². The monoisotopic (exact) mass is 264 g/mol. The molecule has 0 spiro atoms. The molecule has 1 aromatic rings. The Morgan fingerprint density at radius 3 is 2.53 bits per heavy atom. The second-order valence-corrected chi connectivity index (χ2v) is 5.02. The molecule has 0 aliphatic carbocycles. The van der Waals surface area contributed by atoms with E-state index in [0.29, 0.717) is 6.61 Å². The standard InChI is InChI=1S/C15H24N2O2/c1-6-16-15(4,5)14(18)17-13-9-8-12(19-7-2)10-11(13)3/h8-10,16H,6-7H2,1-5H3,(H,17,18). The first-order valence-corrected chi connectivity index (χ1v) is 6.70. The van der Waals surface area contributed by atoms with Crippen LogP contribution < -0.4 is 15.4 Å². The van der Waals surface area contributed by atoms with Gasteiger partial charge in [0.25, 0.3) is 0 Å². The number of hydrogen-bond donors (Lipinski definition) is 2. The van der Waals surface area contributed by atoms with Crippen LogP contribution in [0.1, 0.15) is 33.3 Å². The summed E-state index contributed by atoms with van der Waals surface area (Å²) in [5.41, 5.74) is 1.23. The van der Waals surface area contributed by atoms with Crippen LogP contribution in [0.4, 0.5) is 5.69 Å². The van der Waals surface area contributed by atoms with E-state index in [4.69, 9.17) is 4.74 Å². The van der Waals surface area contributed by atoms with Gasteiger partial charge < -0.3 is 15.4 Å². The van der Waals surface area contributed by atoms with Gasteiger partial charge in [-0.3, -0.25) is 4.79 Å². The summed E-state index contributed by atoms with van der Waals surface area (Å²) in [6.45, 7) is 11.0. The number of carbonyl (C=O) groups is 1. The van der Waals surface area contributed by atoms with Crippen molar-refractivity contribution >= 4 is 11.6 Å². The highest BCUT2D eigenvalue weighted by Crippen LogP contribution is 2.22. The maximum Gasteiger partial charge on any atom is 0.244 e. The van der Waals surface area contributed by atoms with Crippen molar-refractivity contribution in [3.8, 4) is 5.75 Å². The third kappa shape index (κ3) is 4.24. The molecule has 0 atom stereocenters. The fraction of sp³-hybridized carbons (Fsp3) is 0.533. The molecule has 0 bridgehead atoms. The predicted octanol–water partition coefficient (Wildman–Crippen LogP) is 2.72. The lowest BCUT2D eigenvalue weighted by atomic mass is 10.0. The molecule has 1 amide bonds. The van der Waals surface area contributed by atoms with Gasteiger partial charge in [-0.25, -0.2) is 0 Å². The number of rotatable bonds is 6. The number of hydrogen-bond acceptors (Lipinski definition) is 3. The molecule has 106 valence electrons. The summed E-state index contributed by atoms with van der Waals surface area (Å²) in [6.07, 6.45) is 0. The molecule has 2 N–H and O–H groups in total. The molecule has 4 nitrogen and oxygen atoms in total. The third-order valence-electron chi connectivity index (χ3n) is 2.94. The lowest BCUT2D eigenvalue weighted by Gasteiger charge is -2.25. The molecule has 0 aromatic heterocycles. The molecule has 1 rings (SSSR count). The Hall–Kier alpha value is -1.55. The van der Waals surface area contributed by atoms with E-state index in [1.807, 2.05) is 52.8 Å². The molecular formula is C15H24N2O2. The first-order valence-electron chi connectivity index (χ1n) is 6.70. The predicted molar refractivity (Wildman–Crippen MR) is 78.7 cm³/mol. The van der Waals surface area contributed by atoms with E-state index in [1.165, 1.54) is 0 Å². The quantitative estimate of drug-likeness (QED) is 0.830. The first-order chi connectivity index (χ1) is 8.90. The Kier molecular flexibility index (Phi) is 5.36. The summed E-state index contributed by atoms with van der Waals surface area (Å²) >= 11 is 0. The van der Waals surface area contributed by atoms with E-state index < -0.39 is 5.54 Å². The van der Waals surface area contributed by atoms with Crippen LogP contribution in [0.15, 0.2) is 18.2 Å². The van der Waals surface area contributed by atoms with Gasteiger partial charge in [0.1, 0.15) is 5.75 Å². The van der Waals surface area contributed by atoms with E-state index in [2.05, 4.69) is 10.6 Å². The molecule has 0 aliphatic rings. The number of aryl methyl sites for hydroxylation is 1. The third-order valence-corrected chi connectivity index (χ3v) is 2.94. The van der Waals surface area contributed by atoms with Crippen LogP contribution in [-0.4, -0.2) is 24.6 Å². The van der Waals surface area contributed by atoms with Gasteiger partial charge in [-0.1, -0.05) is 6.92 Å². The number of benzene rings is 1. The van der Waals surface area contributed by atoms with Gasteiger partial charge in [0.15, 0.2) is 0 Å². The SMILES string of the molecule is CCNC(C)(C)C(=O)Nc1ccc(OCC)cc1C. The average molecular weight is 264 g/mol. The van der Waals surface area contributed by atoms with Gasteiger partial charge in [-0.05, 0) is 58.0 Å². The lowest BCUT2D eigenvalue weighted by molar-refractivity contribution is -0.121. The van der Waals surface area contributed by atoms with E-state index in [9.17, 15) is 4.79 Å². The number of nitrogens with one attached hydrogen (secondary N) is 2. The zero-order valence-electron chi connectivity index (χ0n) is 12.5. The normalized spacial score (nSPS) is 11.2. The van der Waals surface area contributed by atoms with Gasteiger partial charge in [-0.15, -0.1) is 0 Å². The maximum absolute atomic E-state index is 12.2. The maximum atomic E-state index is 12.2. The summed E-state index contributed by atoms with van der Waals surface area (Å²) in [4.78, 5) is 12.2. The van der Waals surface area contributed by atoms with E-state index >= 15 is 0 Å². The van der Waals surface area contributed by atoms with Crippen molar-refractivity contribution in [3.05, 3.63) is 23.8 Å². The Labute approximate surface area is 115 Å². The number of likely N-dealkylation sites (N-methyl/N-ethyl adjacent to an activating group) is 1. The highest BCUT2D eigenvalue weighted by atomic mass is 16.5. The fourth-order valence-corrected chi connectivity index (χ4v) is 1.83. The number of carbonyl (C=O) groups excluding carboxylic acids is 1. The van der Waals surface area contributed by atoms with Crippen molar-refractivity contribution in [1.82, 2.24) is 5.32 Å². The lowest BCUT2D eigenvalue weighted by Crippen LogP contribution is -2.49. The summed E-state index contributed by atoms with van der Waals surface area (Å²) < 4.78 is 5.43. The topological polar surface area (TPSA) is 50.4 Å². The van der Waals surface area contributed by atoms with E-state index in [-0.39, 0.29) is 5.91 Å². The van der Waals surface area contributed by atoms with Crippen molar-refractivity contribution < 1.29 is 9.53 Å². The molecule has 0 unspecified atom stereocenters. The van der Waals surface area contributed by atoms with Crippen LogP contribution >= 0.6 is 0 Å². The van der Waals surface area contributed by atoms with Crippen LogP contribution in [0, 0.1) is 6.92 Å². The molecule has 0 radical (unpaired) electrons. The largest absolute Gasteiger partial charge is 0.494 e. The van der Waals surface area contributed by atoms with Crippen LogP contribution in [0.3, 0.4) is 0 Å². The Balaban J connectivity index is 2.80. The zero-order valence-corrected chi connectivity index (χ0v) is 12.5. The summed E-state index contributed by atoms with van der Waals surface area (Å²) in [5, 5.41) is 6.10.